The zero-order valence-electron chi connectivity index (χ0n) is 9.59. The number of carbonyl (C=O) groups is 2. The zero-order chi connectivity index (χ0) is 12.3. The lowest BCUT2D eigenvalue weighted by atomic mass is 10.1. The summed E-state index contributed by atoms with van der Waals surface area (Å²) in [6.07, 6.45) is 3.79. The van der Waals surface area contributed by atoms with Gasteiger partial charge in [-0.05, 0) is 0 Å². The number of rotatable bonds is 4. The Morgan fingerprint density at radius 1 is 1.71 bits per heavy atom. The predicted octanol–water partition coefficient (Wildman–Crippen LogP) is 0.239. The highest BCUT2D eigenvalue weighted by atomic mass is 16.5. The molecule has 1 aromatic rings. The van der Waals surface area contributed by atoms with Crippen LogP contribution >= 0.6 is 0 Å². The Bertz CT molecular complexity index is 402. The largest absolute Gasteiger partial charge is 0.469 e. The molecule has 2 rings (SSSR count). The van der Waals surface area contributed by atoms with Crippen LogP contribution in [0.5, 0.6) is 0 Å². The first kappa shape index (κ1) is 11.6. The Morgan fingerprint density at radius 3 is 3.18 bits per heavy atom. The van der Waals surface area contributed by atoms with Crippen molar-refractivity contribution in [1.29, 1.82) is 0 Å². The smallest absolute Gasteiger partial charge is 0.310 e. The molecule has 0 radical (unpaired) electrons. The van der Waals surface area contributed by atoms with E-state index in [-0.39, 0.29) is 24.2 Å². The fraction of sp³-hybridized carbons (Fsp3) is 0.545. The summed E-state index contributed by atoms with van der Waals surface area (Å²) in [5.41, 5.74) is 0.805. The highest BCUT2D eigenvalue weighted by Crippen LogP contribution is 2.19. The standard InChI is InChI=1S/C11H14N2O4/c1-16-11(15)8-4-10(14)13(5-8)3-2-9-6-17-7-12-9/h6-8H,2-5H2,1H3. The number of amides is 1. The van der Waals surface area contributed by atoms with Crippen LogP contribution in [0, 0.1) is 5.92 Å². The van der Waals surface area contributed by atoms with Gasteiger partial charge < -0.3 is 14.1 Å². The number of methoxy groups -OCH3 is 1. The Balaban J connectivity index is 1.86. The fourth-order valence-electron chi connectivity index (χ4n) is 1.92. The minimum Gasteiger partial charge on any atom is -0.469 e. The fourth-order valence-corrected chi connectivity index (χ4v) is 1.92. The summed E-state index contributed by atoms with van der Waals surface area (Å²) in [6.45, 7) is 0.988. The van der Waals surface area contributed by atoms with E-state index < -0.39 is 0 Å². The molecule has 0 aliphatic carbocycles. The van der Waals surface area contributed by atoms with Crippen molar-refractivity contribution in [1.82, 2.24) is 9.88 Å². The number of esters is 1. The van der Waals surface area contributed by atoms with Gasteiger partial charge >= 0.3 is 5.97 Å². The number of aromatic nitrogens is 1. The number of likely N-dealkylation sites (tertiary alicyclic amines) is 1. The second-order valence-corrected chi connectivity index (χ2v) is 3.99. The van der Waals surface area contributed by atoms with E-state index in [9.17, 15) is 9.59 Å². The van der Waals surface area contributed by atoms with Gasteiger partial charge in [0.25, 0.3) is 0 Å². The van der Waals surface area contributed by atoms with Crippen molar-refractivity contribution in [3.8, 4) is 0 Å². The van der Waals surface area contributed by atoms with E-state index in [1.54, 1.807) is 11.2 Å². The highest BCUT2D eigenvalue weighted by Gasteiger charge is 2.34. The lowest BCUT2D eigenvalue weighted by Gasteiger charge is -2.14. The summed E-state index contributed by atoms with van der Waals surface area (Å²) < 4.78 is 9.48. The summed E-state index contributed by atoms with van der Waals surface area (Å²) in [7, 11) is 1.34. The zero-order valence-corrected chi connectivity index (χ0v) is 9.59. The second kappa shape index (κ2) is 4.99. The van der Waals surface area contributed by atoms with Gasteiger partial charge in [-0.1, -0.05) is 0 Å². The molecule has 17 heavy (non-hydrogen) atoms. The van der Waals surface area contributed by atoms with E-state index in [2.05, 4.69) is 9.72 Å². The molecule has 0 saturated carbocycles. The minimum atomic E-state index is -0.329. The molecule has 1 unspecified atom stereocenters. The summed E-state index contributed by atoms with van der Waals surface area (Å²) in [6, 6.07) is 0. The monoisotopic (exact) mass is 238 g/mol. The quantitative estimate of drug-likeness (QED) is 0.702. The van der Waals surface area contributed by atoms with Crippen LogP contribution in [-0.2, 0) is 20.7 Å². The molecule has 1 amide bonds. The third kappa shape index (κ3) is 2.64. The van der Waals surface area contributed by atoms with Gasteiger partial charge in [-0.25, -0.2) is 4.98 Å². The van der Waals surface area contributed by atoms with Crippen molar-refractivity contribution in [3.63, 3.8) is 0 Å². The van der Waals surface area contributed by atoms with Crippen molar-refractivity contribution in [3.05, 3.63) is 18.4 Å². The molecule has 1 fully saturated rings. The van der Waals surface area contributed by atoms with E-state index >= 15 is 0 Å². The molecular weight excluding hydrogens is 224 g/mol. The van der Waals surface area contributed by atoms with Crippen LogP contribution < -0.4 is 0 Å². The van der Waals surface area contributed by atoms with E-state index in [0.717, 1.165) is 5.69 Å². The second-order valence-electron chi connectivity index (χ2n) is 3.99. The highest BCUT2D eigenvalue weighted by molar-refractivity contribution is 5.86. The third-order valence-corrected chi connectivity index (χ3v) is 2.87. The van der Waals surface area contributed by atoms with Crippen LogP contribution in [0.15, 0.2) is 17.1 Å². The summed E-state index contributed by atoms with van der Waals surface area (Å²) in [5, 5.41) is 0. The van der Waals surface area contributed by atoms with Crippen molar-refractivity contribution < 1.29 is 18.7 Å². The summed E-state index contributed by atoms with van der Waals surface area (Å²) in [4.78, 5) is 28.6. The molecule has 0 spiro atoms. The Morgan fingerprint density at radius 2 is 2.53 bits per heavy atom. The number of hydrogen-bond acceptors (Lipinski definition) is 5. The minimum absolute atomic E-state index is 0.0103. The third-order valence-electron chi connectivity index (χ3n) is 2.87. The van der Waals surface area contributed by atoms with Crippen molar-refractivity contribution in [2.75, 3.05) is 20.2 Å². The molecule has 1 saturated heterocycles. The molecule has 0 N–H and O–H groups in total. The average molecular weight is 238 g/mol. The van der Waals surface area contributed by atoms with E-state index in [1.807, 2.05) is 0 Å². The average Bonchev–Trinajstić information content (AvgIpc) is 2.95. The molecule has 2 heterocycles. The number of oxazole rings is 1. The first-order valence-electron chi connectivity index (χ1n) is 5.43. The Labute approximate surface area is 98.6 Å². The van der Waals surface area contributed by atoms with Gasteiger partial charge in [0.05, 0.1) is 18.7 Å². The lowest BCUT2D eigenvalue weighted by Crippen LogP contribution is -2.28. The number of ether oxygens (including phenoxy) is 1. The van der Waals surface area contributed by atoms with Gasteiger partial charge in [0.2, 0.25) is 5.91 Å². The molecule has 6 nitrogen and oxygen atoms in total. The Kier molecular flexibility index (Phi) is 3.41. The normalized spacial score (nSPS) is 19.7. The first-order chi connectivity index (χ1) is 8.20. The molecule has 1 aliphatic heterocycles. The maximum Gasteiger partial charge on any atom is 0.310 e. The van der Waals surface area contributed by atoms with Crippen LogP contribution in [0.1, 0.15) is 12.1 Å². The van der Waals surface area contributed by atoms with Gasteiger partial charge in [0.1, 0.15) is 6.26 Å². The molecule has 1 aromatic heterocycles. The summed E-state index contributed by atoms with van der Waals surface area (Å²) >= 11 is 0. The molecule has 0 aromatic carbocycles. The van der Waals surface area contributed by atoms with Crippen LogP contribution in [0.25, 0.3) is 0 Å². The van der Waals surface area contributed by atoms with E-state index in [1.165, 1.54) is 13.5 Å². The van der Waals surface area contributed by atoms with E-state index in [0.29, 0.717) is 19.5 Å². The molecule has 0 bridgehead atoms. The lowest BCUT2D eigenvalue weighted by molar-refractivity contribution is -0.145. The van der Waals surface area contributed by atoms with Crippen molar-refractivity contribution in [2.24, 2.45) is 5.92 Å². The van der Waals surface area contributed by atoms with Crippen LogP contribution in [0.3, 0.4) is 0 Å². The molecule has 6 heteroatoms. The van der Waals surface area contributed by atoms with Gasteiger partial charge in [-0.3, -0.25) is 9.59 Å². The maximum absolute atomic E-state index is 11.6. The first-order valence-corrected chi connectivity index (χ1v) is 5.43. The van der Waals surface area contributed by atoms with Gasteiger partial charge in [0, 0.05) is 25.9 Å². The molecule has 1 atom stereocenters. The van der Waals surface area contributed by atoms with Crippen LogP contribution in [0.2, 0.25) is 0 Å². The van der Waals surface area contributed by atoms with E-state index in [4.69, 9.17) is 4.42 Å². The van der Waals surface area contributed by atoms with Gasteiger partial charge in [-0.15, -0.1) is 0 Å². The number of hydrogen-bond donors (Lipinski definition) is 0. The van der Waals surface area contributed by atoms with Crippen molar-refractivity contribution in [2.45, 2.75) is 12.8 Å². The topological polar surface area (TPSA) is 72.6 Å². The van der Waals surface area contributed by atoms with Crippen molar-refractivity contribution >= 4 is 11.9 Å². The van der Waals surface area contributed by atoms with Crippen LogP contribution in [0.4, 0.5) is 0 Å². The maximum atomic E-state index is 11.6. The van der Waals surface area contributed by atoms with Gasteiger partial charge in [0.15, 0.2) is 6.39 Å². The Hall–Kier alpha value is -1.85. The SMILES string of the molecule is COC(=O)C1CC(=O)N(CCc2cocn2)C1. The molecular formula is C11H14N2O4. The predicted molar refractivity (Wildman–Crippen MR) is 56.9 cm³/mol. The van der Waals surface area contributed by atoms with Gasteiger partial charge in [-0.2, -0.15) is 0 Å². The van der Waals surface area contributed by atoms with Crippen LogP contribution in [-0.4, -0.2) is 42.0 Å². The number of carbonyl (C=O) groups excluding carboxylic acids is 2. The summed E-state index contributed by atoms with van der Waals surface area (Å²) in [5.74, 6) is -0.656. The molecule has 1 aliphatic rings. The molecule has 92 valence electrons. The number of nitrogens with zero attached hydrogens (tertiary/aromatic N) is 2.